The minimum atomic E-state index is 0.190. The van der Waals surface area contributed by atoms with Crippen molar-refractivity contribution in [3.8, 4) is 11.3 Å². The van der Waals surface area contributed by atoms with E-state index >= 15 is 0 Å². The topological polar surface area (TPSA) is 12.9 Å². The lowest BCUT2D eigenvalue weighted by Crippen LogP contribution is -2.10. The second kappa shape index (κ2) is 5.64. The second-order valence-electron chi connectivity index (χ2n) is 5.77. The average Bonchev–Trinajstić information content (AvgIpc) is 2.70. The lowest BCUT2D eigenvalue weighted by molar-refractivity contribution is 0.590. The van der Waals surface area contributed by atoms with Crippen molar-refractivity contribution in [2.45, 2.75) is 39.5 Å². The number of aromatic nitrogens is 1. The Morgan fingerprint density at radius 1 is 1.16 bits per heavy atom. The first-order valence-corrected chi connectivity index (χ1v) is 7.90. The van der Waals surface area contributed by atoms with Crippen molar-refractivity contribution in [1.29, 1.82) is 0 Å². The lowest BCUT2D eigenvalue weighted by Gasteiger charge is -2.19. The van der Waals surface area contributed by atoms with Gasteiger partial charge in [-0.15, -0.1) is 22.9 Å². The number of rotatable bonds is 3. The van der Waals surface area contributed by atoms with Crippen molar-refractivity contribution in [3.63, 3.8) is 0 Å². The van der Waals surface area contributed by atoms with Crippen molar-refractivity contribution in [3.05, 3.63) is 39.7 Å². The molecule has 2 rings (SSSR count). The largest absolute Gasteiger partial charge is 0.241 e. The number of aryl methyl sites for hydroxylation is 2. The Kier molecular flexibility index (Phi) is 4.32. The van der Waals surface area contributed by atoms with E-state index in [-0.39, 0.29) is 5.41 Å². The Balaban J connectivity index is 2.37. The van der Waals surface area contributed by atoms with E-state index in [1.165, 1.54) is 16.0 Å². The first kappa shape index (κ1) is 14.5. The maximum Gasteiger partial charge on any atom is 0.0904 e. The molecule has 3 heteroatoms. The maximum absolute atomic E-state index is 5.87. The number of thiazole rings is 1. The predicted molar refractivity (Wildman–Crippen MR) is 85.4 cm³/mol. The Bertz CT molecular complexity index is 549. The summed E-state index contributed by atoms with van der Waals surface area (Å²) in [5.74, 6) is 0.648. The third kappa shape index (κ3) is 3.37. The van der Waals surface area contributed by atoms with Crippen LogP contribution in [0.25, 0.3) is 11.3 Å². The fraction of sp³-hybridized carbons (Fsp3) is 0.438. The summed E-state index contributed by atoms with van der Waals surface area (Å²) in [5.41, 5.74) is 3.83. The smallest absolute Gasteiger partial charge is 0.0904 e. The van der Waals surface area contributed by atoms with Crippen LogP contribution >= 0.6 is 22.9 Å². The van der Waals surface area contributed by atoms with Crippen LogP contribution in [-0.4, -0.2) is 10.9 Å². The van der Waals surface area contributed by atoms with E-state index in [0.717, 1.165) is 17.1 Å². The van der Waals surface area contributed by atoms with Crippen LogP contribution in [0.2, 0.25) is 0 Å². The quantitative estimate of drug-likeness (QED) is 0.709. The summed E-state index contributed by atoms with van der Waals surface area (Å²) < 4.78 is 0. The maximum atomic E-state index is 5.87. The average molecular weight is 294 g/mol. The fourth-order valence-electron chi connectivity index (χ4n) is 2.08. The van der Waals surface area contributed by atoms with Gasteiger partial charge in [-0.1, -0.05) is 45.0 Å². The van der Waals surface area contributed by atoms with Crippen molar-refractivity contribution in [2.75, 3.05) is 5.88 Å². The van der Waals surface area contributed by atoms with Crippen molar-refractivity contribution in [1.82, 2.24) is 4.98 Å². The van der Waals surface area contributed by atoms with Gasteiger partial charge in [-0.05, 0) is 24.3 Å². The molecule has 19 heavy (non-hydrogen) atoms. The van der Waals surface area contributed by atoms with Crippen LogP contribution < -0.4 is 0 Å². The molecule has 0 aliphatic carbocycles. The van der Waals surface area contributed by atoms with E-state index in [0.29, 0.717) is 5.88 Å². The van der Waals surface area contributed by atoms with Crippen LogP contribution in [0, 0.1) is 6.92 Å². The van der Waals surface area contributed by atoms with E-state index in [4.69, 9.17) is 11.6 Å². The Labute approximate surface area is 124 Å². The molecular formula is C16H20ClNS. The van der Waals surface area contributed by atoms with Gasteiger partial charge in [-0.25, -0.2) is 4.98 Å². The van der Waals surface area contributed by atoms with Crippen molar-refractivity contribution >= 4 is 22.9 Å². The Hall–Kier alpha value is -0.860. The number of halogens is 1. The monoisotopic (exact) mass is 293 g/mol. The normalized spacial score (nSPS) is 11.8. The molecule has 0 unspecified atom stereocenters. The van der Waals surface area contributed by atoms with E-state index < -0.39 is 0 Å². The van der Waals surface area contributed by atoms with Gasteiger partial charge in [-0.3, -0.25) is 0 Å². The van der Waals surface area contributed by atoms with Gasteiger partial charge < -0.3 is 0 Å². The van der Waals surface area contributed by atoms with Gasteiger partial charge in [0.1, 0.15) is 0 Å². The summed E-state index contributed by atoms with van der Waals surface area (Å²) in [6, 6.07) is 8.75. The van der Waals surface area contributed by atoms with Gasteiger partial charge in [0, 0.05) is 16.3 Å². The van der Waals surface area contributed by atoms with Crippen LogP contribution in [0.4, 0.5) is 0 Å². The molecule has 1 aromatic carbocycles. The first-order valence-electron chi connectivity index (χ1n) is 6.55. The highest BCUT2D eigenvalue weighted by atomic mass is 35.5. The third-order valence-corrected chi connectivity index (χ3v) is 4.37. The standard InChI is InChI=1S/C16H20ClNS/c1-11-18-15(14(19-11)9-10-17)12-5-7-13(8-6-12)16(2,3)4/h5-8H,9-10H2,1-4H3. The molecule has 0 amide bonds. The van der Waals surface area contributed by atoms with Crippen LogP contribution in [0.5, 0.6) is 0 Å². The number of nitrogens with zero attached hydrogens (tertiary/aromatic N) is 1. The molecule has 0 saturated heterocycles. The molecule has 0 aliphatic heterocycles. The van der Waals surface area contributed by atoms with E-state index in [9.17, 15) is 0 Å². The SMILES string of the molecule is Cc1nc(-c2ccc(C(C)(C)C)cc2)c(CCCl)s1. The summed E-state index contributed by atoms with van der Waals surface area (Å²) in [4.78, 5) is 5.94. The summed E-state index contributed by atoms with van der Waals surface area (Å²) in [6.07, 6.45) is 0.892. The minimum Gasteiger partial charge on any atom is -0.241 e. The van der Waals surface area contributed by atoms with Crippen LogP contribution in [0.3, 0.4) is 0 Å². The molecule has 0 spiro atoms. The van der Waals surface area contributed by atoms with Crippen LogP contribution in [0.1, 0.15) is 36.2 Å². The van der Waals surface area contributed by atoms with Crippen molar-refractivity contribution < 1.29 is 0 Å². The molecule has 1 aromatic heterocycles. The fourth-order valence-corrected chi connectivity index (χ4v) is 3.34. The highest BCUT2D eigenvalue weighted by molar-refractivity contribution is 7.12. The molecule has 1 heterocycles. The van der Waals surface area contributed by atoms with Crippen LogP contribution in [-0.2, 0) is 11.8 Å². The van der Waals surface area contributed by atoms with Gasteiger partial charge in [0.05, 0.1) is 10.7 Å². The highest BCUT2D eigenvalue weighted by Crippen LogP contribution is 2.30. The van der Waals surface area contributed by atoms with Gasteiger partial charge in [0.2, 0.25) is 0 Å². The molecule has 0 fully saturated rings. The van der Waals surface area contributed by atoms with E-state index in [2.05, 4.69) is 56.9 Å². The Morgan fingerprint density at radius 2 is 1.79 bits per heavy atom. The molecule has 0 saturated carbocycles. The molecule has 0 bridgehead atoms. The lowest BCUT2D eigenvalue weighted by atomic mass is 9.86. The summed E-state index contributed by atoms with van der Waals surface area (Å²) in [7, 11) is 0. The highest BCUT2D eigenvalue weighted by Gasteiger charge is 2.15. The molecule has 0 atom stereocenters. The van der Waals surface area contributed by atoms with Crippen molar-refractivity contribution in [2.24, 2.45) is 0 Å². The van der Waals surface area contributed by atoms with Gasteiger partial charge >= 0.3 is 0 Å². The summed E-state index contributed by atoms with van der Waals surface area (Å²) >= 11 is 7.62. The molecule has 0 N–H and O–H groups in total. The molecule has 2 aromatic rings. The molecular weight excluding hydrogens is 274 g/mol. The molecule has 0 aliphatic rings. The minimum absolute atomic E-state index is 0.190. The number of hydrogen-bond acceptors (Lipinski definition) is 2. The van der Waals surface area contributed by atoms with E-state index in [1.807, 2.05) is 0 Å². The van der Waals surface area contributed by atoms with Crippen LogP contribution in [0.15, 0.2) is 24.3 Å². The van der Waals surface area contributed by atoms with E-state index in [1.54, 1.807) is 11.3 Å². The first-order chi connectivity index (χ1) is 8.91. The predicted octanol–water partition coefficient (Wildman–Crippen LogP) is 5.20. The van der Waals surface area contributed by atoms with Gasteiger partial charge in [0.25, 0.3) is 0 Å². The molecule has 1 nitrogen and oxygen atoms in total. The zero-order valence-electron chi connectivity index (χ0n) is 12.0. The third-order valence-electron chi connectivity index (χ3n) is 3.15. The molecule has 102 valence electrons. The zero-order valence-corrected chi connectivity index (χ0v) is 13.5. The summed E-state index contributed by atoms with van der Waals surface area (Å²) in [5, 5.41) is 1.11. The van der Waals surface area contributed by atoms with Gasteiger partial charge in [0.15, 0.2) is 0 Å². The number of benzene rings is 1. The molecule has 0 radical (unpaired) electrons. The second-order valence-corrected chi connectivity index (χ2v) is 7.44. The zero-order chi connectivity index (χ0) is 14.0. The summed E-state index contributed by atoms with van der Waals surface area (Å²) in [6.45, 7) is 8.74. The number of alkyl halides is 1. The number of hydrogen-bond donors (Lipinski definition) is 0. The Morgan fingerprint density at radius 3 is 2.32 bits per heavy atom. The van der Waals surface area contributed by atoms with Gasteiger partial charge in [-0.2, -0.15) is 0 Å².